The highest BCUT2D eigenvalue weighted by Crippen LogP contribution is 2.22. The molecule has 0 aliphatic heterocycles. The Hall–Kier alpha value is -1.55. The van der Waals surface area contributed by atoms with Crippen LogP contribution in [0.5, 0.6) is 0 Å². The van der Waals surface area contributed by atoms with Gasteiger partial charge in [-0.2, -0.15) is 0 Å². The third-order valence-corrected chi connectivity index (χ3v) is 3.04. The predicted octanol–water partition coefficient (Wildman–Crippen LogP) is 1.50. The predicted molar refractivity (Wildman–Crippen MR) is 70.1 cm³/mol. The van der Waals surface area contributed by atoms with E-state index in [1.807, 2.05) is 12.1 Å². The van der Waals surface area contributed by atoms with E-state index in [0.29, 0.717) is 5.96 Å². The fourth-order valence-corrected chi connectivity index (χ4v) is 1.87. The molecular weight excluding hydrogens is 214 g/mol. The van der Waals surface area contributed by atoms with Gasteiger partial charge in [-0.15, -0.1) is 0 Å². The minimum Gasteiger partial charge on any atom is -0.393 e. The average Bonchev–Trinajstić information content (AvgIpc) is 2.28. The quantitative estimate of drug-likeness (QED) is 0.547. The molecule has 1 saturated carbocycles. The molecule has 92 valence electrons. The van der Waals surface area contributed by atoms with Crippen LogP contribution in [0.25, 0.3) is 0 Å². The van der Waals surface area contributed by atoms with Crippen LogP contribution < -0.4 is 11.1 Å². The van der Waals surface area contributed by atoms with Crippen LogP contribution in [-0.2, 0) is 6.42 Å². The van der Waals surface area contributed by atoms with Gasteiger partial charge in [0.15, 0.2) is 5.96 Å². The summed E-state index contributed by atoms with van der Waals surface area (Å²) in [5.41, 5.74) is 8.04. The van der Waals surface area contributed by atoms with Gasteiger partial charge in [0.25, 0.3) is 0 Å². The topological polar surface area (TPSA) is 70.6 Å². The van der Waals surface area contributed by atoms with Crippen molar-refractivity contribution in [1.82, 2.24) is 0 Å². The number of aliphatic hydroxyl groups excluding tert-OH is 1. The van der Waals surface area contributed by atoms with Crippen molar-refractivity contribution in [3.63, 3.8) is 0 Å². The van der Waals surface area contributed by atoms with E-state index in [1.54, 1.807) is 0 Å². The summed E-state index contributed by atoms with van der Waals surface area (Å²) in [6.07, 6.45) is 2.28. The number of aliphatic imine (C=N–C) groups is 1. The van der Waals surface area contributed by atoms with Gasteiger partial charge >= 0.3 is 0 Å². The van der Waals surface area contributed by atoms with E-state index in [4.69, 9.17) is 10.8 Å². The van der Waals surface area contributed by atoms with E-state index in [1.165, 1.54) is 5.56 Å². The van der Waals surface area contributed by atoms with E-state index < -0.39 is 0 Å². The van der Waals surface area contributed by atoms with Crippen molar-refractivity contribution < 1.29 is 5.11 Å². The SMILES string of the molecule is CCc1ccc(NC(N)=NC2CC(O)C2)cc1. The molecule has 0 aromatic heterocycles. The summed E-state index contributed by atoms with van der Waals surface area (Å²) in [6, 6.07) is 8.31. The van der Waals surface area contributed by atoms with E-state index in [2.05, 4.69) is 29.4 Å². The first-order valence-electron chi connectivity index (χ1n) is 6.04. The third-order valence-electron chi connectivity index (χ3n) is 3.04. The molecule has 2 rings (SSSR count). The zero-order chi connectivity index (χ0) is 12.3. The standard InChI is InChI=1S/C13H19N3O/c1-2-9-3-5-10(6-4-9)15-13(14)16-11-7-12(17)8-11/h3-6,11-12,17H,2,7-8H2,1H3,(H3,14,15,16). The number of anilines is 1. The molecule has 1 aliphatic rings. The number of nitrogens with zero attached hydrogens (tertiary/aromatic N) is 1. The maximum absolute atomic E-state index is 9.15. The number of nitrogens with two attached hydrogens (primary N) is 1. The summed E-state index contributed by atoms with van der Waals surface area (Å²) in [6.45, 7) is 2.13. The molecular formula is C13H19N3O. The molecule has 0 amide bonds. The number of guanidine groups is 1. The zero-order valence-corrected chi connectivity index (χ0v) is 10.1. The van der Waals surface area contributed by atoms with Crippen LogP contribution in [-0.4, -0.2) is 23.2 Å². The van der Waals surface area contributed by atoms with Crippen molar-refractivity contribution in [3.8, 4) is 0 Å². The van der Waals surface area contributed by atoms with Gasteiger partial charge < -0.3 is 16.2 Å². The summed E-state index contributed by atoms with van der Waals surface area (Å²) < 4.78 is 0. The first-order chi connectivity index (χ1) is 8.17. The molecule has 0 heterocycles. The van der Waals surface area contributed by atoms with Crippen molar-refractivity contribution in [2.75, 3.05) is 5.32 Å². The molecule has 1 aromatic carbocycles. The van der Waals surface area contributed by atoms with Crippen molar-refractivity contribution in [2.24, 2.45) is 10.7 Å². The number of hydrogen-bond acceptors (Lipinski definition) is 2. The molecule has 4 N–H and O–H groups in total. The number of aliphatic hydroxyl groups is 1. The van der Waals surface area contributed by atoms with Gasteiger partial charge in [0.05, 0.1) is 12.1 Å². The number of rotatable bonds is 3. The lowest BCUT2D eigenvalue weighted by molar-refractivity contribution is 0.0778. The molecule has 0 bridgehead atoms. The monoisotopic (exact) mass is 233 g/mol. The van der Waals surface area contributed by atoms with Gasteiger partial charge in [-0.05, 0) is 37.0 Å². The molecule has 0 spiro atoms. The summed E-state index contributed by atoms with van der Waals surface area (Å²) in [4.78, 5) is 4.29. The maximum atomic E-state index is 9.15. The molecule has 0 unspecified atom stereocenters. The van der Waals surface area contributed by atoms with Crippen LogP contribution >= 0.6 is 0 Å². The summed E-state index contributed by atoms with van der Waals surface area (Å²) in [5, 5.41) is 12.2. The third kappa shape index (κ3) is 3.20. The van der Waals surface area contributed by atoms with Crippen LogP contribution in [0.2, 0.25) is 0 Å². The Balaban J connectivity index is 1.90. The molecule has 1 fully saturated rings. The number of benzene rings is 1. The first-order valence-corrected chi connectivity index (χ1v) is 6.04. The number of aryl methyl sites for hydroxylation is 1. The second kappa shape index (κ2) is 5.19. The highest BCUT2D eigenvalue weighted by atomic mass is 16.3. The van der Waals surface area contributed by atoms with Crippen LogP contribution in [0.1, 0.15) is 25.3 Å². The Kier molecular flexibility index (Phi) is 3.64. The van der Waals surface area contributed by atoms with Gasteiger partial charge in [0.1, 0.15) is 0 Å². The van der Waals surface area contributed by atoms with E-state index in [0.717, 1.165) is 24.9 Å². The minimum atomic E-state index is -0.194. The Morgan fingerprint density at radius 1 is 1.41 bits per heavy atom. The highest BCUT2D eigenvalue weighted by Gasteiger charge is 2.26. The van der Waals surface area contributed by atoms with Gasteiger partial charge in [-0.1, -0.05) is 19.1 Å². The van der Waals surface area contributed by atoms with Crippen LogP contribution in [0, 0.1) is 0 Å². The van der Waals surface area contributed by atoms with Gasteiger partial charge in [0, 0.05) is 5.69 Å². The van der Waals surface area contributed by atoms with E-state index in [9.17, 15) is 0 Å². The maximum Gasteiger partial charge on any atom is 0.193 e. The summed E-state index contributed by atoms with van der Waals surface area (Å²) in [7, 11) is 0. The lowest BCUT2D eigenvalue weighted by atomic mass is 9.90. The normalized spacial score (nSPS) is 24.2. The van der Waals surface area contributed by atoms with Crippen LogP contribution in [0.15, 0.2) is 29.3 Å². The van der Waals surface area contributed by atoms with Crippen molar-refractivity contribution >= 4 is 11.6 Å². The van der Waals surface area contributed by atoms with Crippen molar-refractivity contribution in [3.05, 3.63) is 29.8 Å². The molecule has 1 aliphatic carbocycles. The fraction of sp³-hybridized carbons (Fsp3) is 0.462. The number of hydrogen-bond donors (Lipinski definition) is 3. The lowest BCUT2D eigenvalue weighted by Gasteiger charge is -2.28. The summed E-state index contributed by atoms with van der Waals surface area (Å²) >= 11 is 0. The second-order valence-electron chi connectivity index (χ2n) is 4.47. The lowest BCUT2D eigenvalue weighted by Crippen LogP contribution is -2.35. The molecule has 4 nitrogen and oxygen atoms in total. The van der Waals surface area contributed by atoms with Crippen LogP contribution in [0.3, 0.4) is 0 Å². The number of nitrogens with one attached hydrogen (secondary N) is 1. The Labute approximate surface area is 102 Å². The molecule has 0 radical (unpaired) electrons. The van der Waals surface area contributed by atoms with Gasteiger partial charge in [-0.3, -0.25) is 0 Å². The Bertz CT molecular complexity index is 394. The molecule has 0 saturated heterocycles. The first kappa shape index (κ1) is 11.9. The summed E-state index contributed by atoms with van der Waals surface area (Å²) in [5.74, 6) is 0.422. The Morgan fingerprint density at radius 2 is 2.06 bits per heavy atom. The average molecular weight is 233 g/mol. The van der Waals surface area contributed by atoms with Gasteiger partial charge in [-0.25, -0.2) is 4.99 Å². The highest BCUT2D eigenvalue weighted by molar-refractivity contribution is 5.92. The van der Waals surface area contributed by atoms with Crippen LogP contribution in [0.4, 0.5) is 5.69 Å². The molecule has 4 heteroatoms. The van der Waals surface area contributed by atoms with E-state index >= 15 is 0 Å². The zero-order valence-electron chi connectivity index (χ0n) is 10.1. The smallest absolute Gasteiger partial charge is 0.193 e. The molecule has 1 aromatic rings. The molecule has 0 atom stereocenters. The molecule has 17 heavy (non-hydrogen) atoms. The van der Waals surface area contributed by atoms with Crippen molar-refractivity contribution in [1.29, 1.82) is 0 Å². The fourth-order valence-electron chi connectivity index (χ4n) is 1.87. The van der Waals surface area contributed by atoms with E-state index in [-0.39, 0.29) is 12.1 Å². The second-order valence-corrected chi connectivity index (χ2v) is 4.47. The Morgan fingerprint density at radius 3 is 2.59 bits per heavy atom. The largest absolute Gasteiger partial charge is 0.393 e. The van der Waals surface area contributed by atoms with Gasteiger partial charge in [0.2, 0.25) is 0 Å². The minimum absolute atomic E-state index is 0.174. The van der Waals surface area contributed by atoms with Crippen molar-refractivity contribution in [2.45, 2.75) is 38.3 Å².